The van der Waals surface area contributed by atoms with Crippen LogP contribution in [0.4, 0.5) is 5.95 Å². The van der Waals surface area contributed by atoms with E-state index in [1.165, 1.54) is 45.2 Å². The summed E-state index contributed by atoms with van der Waals surface area (Å²) < 4.78 is 2.30. The summed E-state index contributed by atoms with van der Waals surface area (Å²) in [5.41, 5.74) is 0. The van der Waals surface area contributed by atoms with E-state index in [-0.39, 0.29) is 0 Å². The van der Waals surface area contributed by atoms with Crippen molar-refractivity contribution in [3.63, 3.8) is 0 Å². The maximum atomic E-state index is 4.44. The molecule has 0 spiro atoms. The minimum absolute atomic E-state index is 0.475. The highest BCUT2D eigenvalue weighted by atomic mass is 15.2. The van der Waals surface area contributed by atoms with Crippen molar-refractivity contribution in [3.05, 3.63) is 12.4 Å². The van der Waals surface area contributed by atoms with Crippen LogP contribution in [-0.4, -0.2) is 40.1 Å². The van der Waals surface area contributed by atoms with Crippen LogP contribution in [0.3, 0.4) is 0 Å². The van der Waals surface area contributed by atoms with Crippen molar-refractivity contribution in [2.24, 2.45) is 0 Å². The summed E-state index contributed by atoms with van der Waals surface area (Å²) in [6, 6.07) is 1.18. The molecule has 0 radical (unpaired) electrons. The number of likely N-dealkylation sites (tertiary alicyclic amines) is 1. The van der Waals surface area contributed by atoms with Crippen molar-refractivity contribution in [1.82, 2.24) is 14.5 Å². The average molecular weight is 248 g/mol. The van der Waals surface area contributed by atoms with Gasteiger partial charge >= 0.3 is 0 Å². The van der Waals surface area contributed by atoms with Gasteiger partial charge in [0.2, 0.25) is 5.95 Å². The Morgan fingerprint density at radius 3 is 2.83 bits per heavy atom. The molecule has 1 atom stereocenters. The molecule has 1 saturated carbocycles. The Balaban J connectivity index is 1.53. The molecule has 4 nitrogen and oxygen atoms in total. The molecule has 0 aromatic carbocycles. The average Bonchev–Trinajstić information content (AvgIpc) is 3.12. The molecule has 1 saturated heterocycles. The zero-order valence-corrected chi connectivity index (χ0v) is 11.3. The second kappa shape index (κ2) is 5.31. The Labute approximate surface area is 109 Å². The zero-order chi connectivity index (χ0) is 12.4. The third-order valence-electron chi connectivity index (χ3n) is 3.97. The van der Waals surface area contributed by atoms with Crippen molar-refractivity contribution in [2.45, 2.75) is 51.1 Å². The fraction of sp³-hybridized carbons (Fsp3) is 0.786. The van der Waals surface area contributed by atoms with Gasteiger partial charge in [-0.05, 0) is 45.7 Å². The molecule has 2 aliphatic rings. The number of anilines is 1. The molecule has 1 unspecified atom stereocenters. The van der Waals surface area contributed by atoms with E-state index in [9.17, 15) is 0 Å². The summed E-state index contributed by atoms with van der Waals surface area (Å²) >= 11 is 0. The summed E-state index contributed by atoms with van der Waals surface area (Å²) in [7, 11) is 0. The van der Waals surface area contributed by atoms with Crippen molar-refractivity contribution < 1.29 is 0 Å². The van der Waals surface area contributed by atoms with Gasteiger partial charge in [0.15, 0.2) is 0 Å². The number of rotatable bonds is 5. The molecule has 1 aliphatic heterocycles. The van der Waals surface area contributed by atoms with Crippen LogP contribution in [0.1, 0.15) is 45.1 Å². The Morgan fingerprint density at radius 2 is 2.11 bits per heavy atom. The highest BCUT2D eigenvalue weighted by Crippen LogP contribution is 2.36. The highest BCUT2D eigenvalue weighted by Gasteiger charge is 2.26. The third-order valence-corrected chi connectivity index (χ3v) is 3.97. The van der Waals surface area contributed by atoms with Gasteiger partial charge in [-0.3, -0.25) is 0 Å². The van der Waals surface area contributed by atoms with Gasteiger partial charge in [-0.2, -0.15) is 0 Å². The molecule has 2 fully saturated rings. The van der Waals surface area contributed by atoms with E-state index in [1.54, 1.807) is 0 Å². The minimum Gasteiger partial charge on any atom is -0.352 e. The largest absolute Gasteiger partial charge is 0.352 e. The number of nitrogens with one attached hydrogen (secondary N) is 1. The Bertz CT molecular complexity index is 377. The van der Waals surface area contributed by atoms with Gasteiger partial charge in [0, 0.05) is 31.0 Å². The predicted molar refractivity (Wildman–Crippen MR) is 73.9 cm³/mol. The van der Waals surface area contributed by atoms with Crippen LogP contribution in [0.15, 0.2) is 12.4 Å². The van der Waals surface area contributed by atoms with E-state index in [1.807, 2.05) is 6.20 Å². The van der Waals surface area contributed by atoms with E-state index in [0.717, 1.165) is 12.5 Å². The standard InChI is InChI=1S/C14H24N4/c1-12(11-17-8-3-2-4-9-17)16-14-15-7-10-18(14)13-5-6-13/h7,10,12-13H,2-6,8-9,11H2,1H3,(H,15,16). The van der Waals surface area contributed by atoms with E-state index in [4.69, 9.17) is 0 Å². The Kier molecular flexibility index (Phi) is 3.55. The highest BCUT2D eigenvalue weighted by molar-refractivity contribution is 5.29. The molecule has 100 valence electrons. The Hall–Kier alpha value is -1.03. The number of aromatic nitrogens is 2. The molecule has 1 aliphatic carbocycles. The second-order valence-corrected chi connectivity index (χ2v) is 5.80. The summed E-state index contributed by atoms with van der Waals surface area (Å²) in [6.45, 7) is 5.93. The number of hydrogen-bond donors (Lipinski definition) is 1. The molecule has 2 heterocycles. The zero-order valence-electron chi connectivity index (χ0n) is 11.3. The van der Waals surface area contributed by atoms with E-state index < -0.39 is 0 Å². The van der Waals surface area contributed by atoms with Gasteiger partial charge in [0.1, 0.15) is 0 Å². The third kappa shape index (κ3) is 2.86. The van der Waals surface area contributed by atoms with Gasteiger partial charge < -0.3 is 14.8 Å². The topological polar surface area (TPSA) is 33.1 Å². The molecule has 4 heteroatoms. The quantitative estimate of drug-likeness (QED) is 0.869. The van der Waals surface area contributed by atoms with Crippen LogP contribution in [0.2, 0.25) is 0 Å². The molecule has 1 aromatic rings. The molecule has 3 rings (SSSR count). The van der Waals surface area contributed by atoms with Crippen LogP contribution in [0.25, 0.3) is 0 Å². The normalized spacial score (nSPS) is 22.9. The lowest BCUT2D eigenvalue weighted by molar-refractivity contribution is 0.223. The maximum Gasteiger partial charge on any atom is 0.203 e. The first-order valence-electron chi connectivity index (χ1n) is 7.34. The predicted octanol–water partition coefficient (Wildman–Crippen LogP) is 2.50. The first-order valence-corrected chi connectivity index (χ1v) is 7.34. The van der Waals surface area contributed by atoms with Crippen molar-refractivity contribution >= 4 is 5.95 Å². The van der Waals surface area contributed by atoms with Gasteiger partial charge in [0.25, 0.3) is 0 Å². The van der Waals surface area contributed by atoms with Crippen molar-refractivity contribution in [3.8, 4) is 0 Å². The van der Waals surface area contributed by atoms with E-state index in [2.05, 4.69) is 32.9 Å². The first-order chi connectivity index (χ1) is 8.83. The summed E-state index contributed by atoms with van der Waals surface area (Å²) in [5.74, 6) is 1.06. The van der Waals surface area contributed by atoms with Crippen LogP contribution in [0.5, 0.6) is 0 Å². The van der Waals surface area contributed by atoms with Crippen LogP contribution < -0.4 is 5.32 Å². The van der Waals surface area contributed by atoms with Gasteiger partial charge in [0.05, 0.1) is 0 Å². The molecule has 1 aromatic heterocycles. The number of nitrogens with zero attached hydrogens (tertiary/aromatic N) is 3. The first kappa shape index (κ1) is 12.0. The second-order valence-electron chi connectivity index (χ2n) is 5.80. The van der Waals surface area contributed by atoms with Crippen molar-refractivity contribution in [2.75, 3.05) is 25.0 Å². The van der Waals surface area contributed by atoms with Gasteiger partial charge in [-0.1, -0.05) is 6.42 Å². The van der Waals surface area contributed by atoms with Crippen LogP contribution in [0, 0.1) is 0 Å². The fourth-order valence-corrected chi connectivity index (χ4v) is 2.87. The molecule has 0 bridgehead atoms. The summed E-state index contributed by atoms with van der Waals surface area (Å²) in [6.07, 6.45) is 10.8. The summed E-state index contributed by atoms with van der Waals surface area (Å²) in [5, 5.41) is 3.57. The number of piperidine rings is 1. The molecule has 1 N–H and O–H groups in total. The molecule has 0 amide bonds. The number of imidazole rings is 1. The fourth-order valence-electron chi connectivity index (χ4n) is 2.87. The monoisotopic (exact) mass is 248 g/mol. The van der Waals surface area contributed by atoms with E-state index >= 15 is 0 Å². The number of hydrogen-bond acceptors (Lipinski definition) is 3. The van der Waals surface area contributed by atoms with Crippen LogP contribution in [-0.2, 0) is 0 Å². The van der Waals surface area contributed by atoms with Gasteiger partial charge in [-0.25, -0.2) is 4.98 Å². The lowest BCUT2D eigenvalue weighted by atomic mass is 10.1. The molecule has 18 heavy (non-hydrogen) atoms. The minimum atomic E-state index is 0.475. The lowest BCUT2D eigenvalue weighted by Crippen LogP contribution is -2.38. The molecular weight excluding hydrogens is 224 g/mol. The maximum absolute atomic E-state index is 4.44. The lowest BCUT2D eigenvalue weighted by Gasteiger charge is -2.29. The summed E-state index contributed by atoms with van der Waals surface area (Å²) in [4.78, 5) is 7.02. The van der Waals surface area contributed by atoms with Gasteiger partial charge in [-0.15, -0.1) is 0 Å². The molecular formula is C14H24N4. The van der Waals surface area contributed by atoms with E-state index in [0.29, 0.717) is 12.1 Å². The SMILES string of the molecule is CC(CN1CCCCC1)Nc1nccn1C1CC1. The Morgan fingerprint density at radius 1 is 1.33 bits per heavy atom. The smallest absolute Gasteiger partial charge is 0.203 e. The van der Waals surface area contributed by atoms with Crippen molar-refractivity contribution in [1.29, 1.82) is 0 Å². The van der Waals surface area contributed by atoms with Crippen LogP contribution >= 0.6 is 0 Å².